The van der Waals surface area contributed by atoms with Gasteiger partial charge in [-0.3, -0.25) is 14.6 Å². The van der Waals surface area contributed by atoms with E-state index in [4.69, 9.17) is 0 Å². The predicted octanol–water partition coefficient (Wildman–Crippen LogP) is 2.18. The molecule has 0 aliphatic carbocycles. The molecule has 78 valence electrons. The first kappa shape index (κ1) is 10.2. The highest BCUT2D eigenvalue weighted by molar-refractivity contribution is 9.10. The standard InChI is InChI=1S/C11H11BrN2O/c12-10-8-11(15)14(13-10)7-6-9-4-2-1-3-5-9/h1-5,8,13H,6-7H2. The fourth-order valence-electron chi connectivity index (χ4n) is 1.45. The zero-order chi connectivity index (χ0) is 10.7. The van der Waals surface area contributed by atoms with Crippen molar-refractivity contribution in [3.8, 4) is 0 Å². The Hall–Kier alpha value is -1.29. The van der Waals surface area contributed by atoms with Gasteiger partial charge in [0.25, 0.3) is 5.56 Å². The van der Waals surface area contributed by atoms with Gasteiger partial charge in [0.1, 0.15) is 4.60 Å². The lowest BCUT2D eigenvalue weighted by Crippen LogP contribution is -2.17. The molecule has 2 aromatic rings. The Balaban J connectivity index is 2.05. The number of benzene rings is 1. The minimum Gasteiger partial charge on any atom is -0.289 e. The minimum atomic E-state index is -0.00203. The van der Waals surface area contributed by atoms with E-state index in [2.05, 4.69) is 33.2 Å². The number of nitrogens with zero attached hydrogens (tertiary/aromatic N) is 1. The van der Waals surface area contributed by atoms with Gasteiger partial charge in [0.15, 0.2) is 0 Å². The molecule has 0 aliphatic rings. The highest BCUT2D eigenvalue weighted by atomic mass is 79.9. The number of nitrogens with one attached hydrogen (secondary N) is 1. The largest absolute Gasteiger partial charge is 0.289 e. The van der Waals surface area contributed by atoms with Gasteiger partial charge in [0.2, 0.25) is 0 Å². The molecule has 4 heteroatoms. The van der Waals surface area contributed by atoms with Crippen LogP contribution in [0.4, 0.5) is 0 Å². The molecular weight excluding hydrogens is 256 g/mol. The van der Waals surface area contributed by atoms with Crippen molar-refractivity contribution >= 4 is 15.9 Å². The van der Waals surface area contributed by atoms with Crippen LogP contribution in [0.2, 0.25) is 0 Å². The van der Waals surface area contributed by atoms with E-state index in [0.717, 1.165) is 11.0 Å². The van der Waals surface area contributed by atoms with Crippen LogP contribution in [0.5, 0.6) is 0 Å². The maximum absolute atomic E-state index is 11.4. The summed E-state index contributed by atoms with van der Waals surface area (Å²) in [6.45, 7) is 0.675. The molecule has 0 saturated heterocycles. The number of aryl methyl sites for hydroxylation is 2. The first-order valence-corrected chi connectivity index (χ1v) is 5.54. The van der Waals surface area contributed by atoms with Crippen LogP contribution in [-0.4, -0.2) is 9.78 Å². The van der Waals surface area contributed by atoms with Crippen LogP contribution in [-0.2, 0) is 13.0 Å². The van der Waals surface area contributed by atoms with E-state index in [9.17, 15) is 4.79 Å². The molecule has 0 atom stereocenters. The SMILES string of the molecule is O=c1cc(Br)[nH]n1CCc1ccccc1. The average molecular weight is 267 g/mol. The third kappa shape index (κ3) is 2.59. The smallest absolute Gasteiger partial charge is 0.267 e. The maximum Gasteiger partial charge on any atom is 0.267 e. The topological polar surface area (TPSA) is 37.8 Å². The Morgan fingerprint density at radius 1 is 1.27 bits per heavy atom. The summed E-state index contributed by atoms with van der Waals surface area (Å²) in [4.78, 5) is 11.4. The number of halogens is 1. The Morgan fingerprint density at radius 3 is 2.60 bits per heavy atom. The van der Waals surface area contributed by atoms with Crippen molar-refractivity contribution in [3.63, 3.8) is 0 Å². The lowest BCUT2D eigenvalue weighted by molar-refractivity contribution is 0.593. The van der Waals surface area contributed by atoms with Crippen LogP contribution in [0, 0.1) is 0 Å². The number of rotatable bonds is 3. The van der Waals surface area contributed by atoms with Crippen LogP contribution in [0.1, 0.15) is 5.56 Å². The average Bonchev–Trinajstić information content (AvgIpc) is 2.56. The van der Waals surface area contributed by atoms with Crippen molar-refractivity contribution in [3.05, 3.63) is 56.9 Å². The van der Waals surface area contributed by atoms with Crippen LogP contribution in [0.3, 0.4) is 0 Å². The first-order chi connectivity index (χ1) is 7.25. The van der Waals surface area contributed by atoms with Gasteiger partial charge in [-0.2, -0.15) is 0 Å². The van der Waals surface area contributed by atoms with Crippen molar-refractivity contribution in [2.24, 2.45) is 0 Å². The summed E-state index contributed by atoms with van der Waals surface area (Å²) in [5.41, 5.74) is 1.23. The molecule has 2 rings (SSSR count). The van der Waals surface area contributed by atoms with E-state index in [0.29, 0.717) is 6.54 Å². The summed E-state index contributed by atoms with van der Waals surface area (Å²) < 4.78 is 2.32. The molecule has 1 N–H and O–H groups in total. The second-order valence-corrected chi connectivity index (χ2v) is 4.18. The summed E-state index contributed by atoms with van der Waals surface area (Å²) in [5.74, 6) is 0. The summed E-state index contributed by atoms with van der Waals surface area (Å²) in [6.07, 6.45) is 0.855. The van der Waals surface area contributed by atoms with Gasteiger partial charge in [-0.05, 0) is 27.9 Å². The Morgan fingerprint density at radius 2 is 2.00 bits per heavy atom. The second kappa shape index (κ2) is 4.49. The van der Waals surface area contributed by atoms with E-state index in [1.54, 1.807) is 4.68 Å². The van der Waals surface area contributed by atoms with Gasteiger partial charge in [-0.15, -0.1) is 0 Å². The molecular formula is C11H11BrN2O. The fourth-order valence-corrected chi connectivity index (χ4v) is 1.86. The molecule has 3 nitrogen and oxygen atoms in total. The molecule has 1 aromatic carbocycles. The third-order valence-electron chi connectivity index (χ3n) is 2.22. The van der Waals surface area contributed by atoms with Crippen molar-refractivity contribution in [2.75, 3.05) is 0 Å². The van der Waals surface area contributed by atoms with Gasteiger partial charge in [0, 0.05) is 12.6 Å². The Bertz CT molecular complexity index is 487. The highest BCUT2D eigenvalue weighted by Gasteiger charge is 2.00. The zero-order valence-electron chi connectivity index (χ0n) is 8.11. The Kier molecular flexibility index (Phi) is 3.06. The zero-order valence-corrected chi connectivity index (χ0v) is 9.70. The molecule has 1 heterocycles. The number of hydrogen-bond acceptors (Lipinski definition) is 1. The fraction of sp³-hybridized carbons (Fsp3) is 0.182. The molecule has 15 heavy (non-hydrogen) atoms. The van der Waals surface area contributed by atoms with E-state index in [1.165, 1.54) is 11.6 Å². The van der Waals surface area contributed by atoms with E-state index in [-0.39, 0.29) is 5.56 Å². The van der Waals surface area contributed by atoms with Crippen LogP contribution < -0.4 is 5.56 Å². The molecule has 0 spiro atoms. The number of aromatic nitrogens is 2. The minimum absolute atomic E-state index is 0.00203. The number of hydrogen-bond donors (Lipinski definition) is 1. The van der Waals surface area contributed by atoms with Gasteiger partial charge < -0.3 is 0 Å². The predicted molar refractivity (Wildman–Crippen MR) is 62.9 cm³/mol. The van der Waals surface area contributed by atoms with Gasteiger partial charge in [-0.1, -0.05) is 30.3 Å². The number of H-pyrrole nitrogens is 1. The maximum atomic E-state index is 11.4. The summed E-state index contributed by atoms with van der Waals surface area (Å²) in [5, 5.41) is 2.94. The molecule has 0 unspecified atom stereocenters. The monoisotopic (exact) mass is 266 g/mol. The molecule has 0 saturated carbocycles. The molecule has 0 bridgehead atoms. The van der Waals surface area contributed by atoms with E-state index < -0.39 is 0 Å². The molecule has 0 aliphatic heterocycles. The van der Waals surface area contributed by atoms with Crippen LogP contribution in [0.15, 0.2) is 45.8 Å². The van der Waals surface area contributed by atoms with Gasteiger partial charge in [-0.25, -0.2) is 0 Å². The second-order valence-electron chi connectivity index (χ2n) is 3.33. The summed E-state index contributed by atoms with van der Waals surface area (Å²) in [7, 11) is 0. The lowest BCUT2D eigenvalue weighted by Gasteiger charge is -2.01. The lowest BCUT2D eigenvalue weighted by atomic mass is 10.1. The molecule has 0 fully saturated rings. The number of aromatic amines is 1. The molecule has 1 aromatic heterocycles. The quantitative estimate of drug-likeness (QED) is 0.909. The van der Waals surface area contributed by atoms with E-state index >= 15 is 0 Å². The van der Waals surface area contributed by atoms with Crippen LogP contribution >= 0.6 is 15.9 Å². The van der Waals surface area contributed by atoms with Crippen molar-refractivity contribution in [1.29, 1.82) is 0 Å². The van der Waals surface area contributed by atoms with Crippen molar-refractivity contribution in [1.82, 2.24) is 9.78 Å². The van der Waals surface area contributed by atoms with Gasteiger partial charge in [0.05, 0.1) is 0 Å². The Labute approximate surface area is 95.9 Å². The molecule has 0 radical (unpaired) electrons. The van der Waals surface area contributed by atoms with Crippen LogP contribution in [0.25, 0.3) is 0 Å². The summed E-state index contributed by atoms with van der Waals surface area (Å²) in [6, 6.07) is 11.6. The summed E-state index contributed by atoms with van der Waals surface area (Å²) >= 11 is 3.23. The molecule has 0 amide bonds. The third-order valence-corrected chi connectivity index (χ3v) is 2.63. The van der Waals surface area contributed by atoms with E-state index in [1.807, 2.05) is 18.2 Å². The van der Waals surface area contributed by atoms with Crippen molar-refractivity contribution in [2.45, 2.75) is 13.0 Å². The first-order valence-electron chi connectivity index (χ1n) is 4.75. The highest BCUT2D eigenvalue weighted by Crippen LogP contribution is 2.03. The normalized spacial score (nSPS) is 10.5. The van der Waals surface area contributed by atoms with Crippen molar-refractivity contribution < 1.29 is 0 Å². The van der Waals surface area contributed by atoms with Gasteiger partial charge >= 0.3 is 0 Å².